The van der Waals surface area contributed by atoms with Crippen molar-refractivity contribution in [3.8, 4) is 6.07 Å². The fourth-order valence-electron chi connectivity index (χ4n) is 2.65. The molecule has 0 unspecified atom stereocenters. The van der Waals surface area contributed by atoms with E-state index in [0.717, 1.165) is 5.56 Å². The maximum Gasteiger partial charge on any atom is 0.313 e. The summed E-state index contributed by atoms with van der Waals surface area (Å²) in [6.07, 6.45) is 4.50. The van der Waals surface area contributed by atoms with Crippen LogP contribution in [0.25, 0.3) is 6.08 Å². The third kappa shape index (κ3) is 6.93. The molecule has 34 heavy (non-hydrogen) atoms. The Morgan fingerprint density at radius 1 is 1.00 bits per heavy atom. The van der Waals surface area contributed by atoms with E-state index in [9.17, 15) is 19.6 Å². The molecule has 0 fully saturated rings. The molecule has 0 bridgehead atoms. The second-order valence-electron chi connectivity index (χ2n) is 6.78. The first-order valence-corrected chi connectivity index (χ1v) is 10.5. The van der Waals surface area contributed by atoms with E-state index < -0.39 is 17.7 Å². The fraction of sp³-hybridized carbons (Fsp3) is 0.0870. The van der Waals surface area contributed by atoms with Crippen molar-refractivity contribution in [3.05, 3.63) is 87.6 Å². The van der Waals surface area contributed by atoms with Crippen molar-refractivity contribution in [1.29, 1.82) is 5.26 Å². The highest BCUT2D eigenvalue weighted by molar-refractivity contribution is 6.42. The highest BCUT2D eigenvalue weighted by Crippen LogP contribution is 2.24. The van der Waals surface area contributed by atoms with Gasteiger partial charge in [-0.25, -0.2) is 0 Å². The lowest BCUT2D eigenvalue weighted by Crippen LogP contribution is -2.34. The molecule has 0 atom stereocenters. The SMILES string of the molecule is N#C/C(=C/c1ccc(CNC(=O)C(=O)Nc2ccc(Cl)c(Cl)c2)o1)C(=O)NCc1cccnc1. The molecule has 172 valence electrons. The third-order valence-corrected chi connectivity index (χ3v) is 5.06. The Labute approximate surface area is 204 Å². The molecule has 11 heteroatoms. The standard InChI is InChI=1S/C23H17Cl2N5O4/c24-19-6-3-16(9-20(19)25)30-23(33)22(32)29-13-18-5-4-17(34-18)8-15(10-26)21(31)28-12-14-2-1-7-27-11-14/h1-9,11H,12-13H2,(H,28,31)(H,29,32)(H,30,33)/b15-8-. The Hall–Kier alpha value is -4.13. The maximum absolute atomic E-state index is 12.3. The highest BCUT2D eigenvalue weighted by atomic mass is 35.5. The van der Waals surface area contributed by atoms with Gasteiger partial charge in [0.15, 0.2) is 0 Å². The summed E-state index contributed by atoms with van der Waals surface area (Å²) in [4.78, 5) is 40.3. The van der Waals surface area contributed by atoms with Gasteiger partial charge in [0.2, 0.25) is 0 Å². The largest absolute Gasteiger partial charge is 0.460 e. The molecule has 2 heterocycles. The number of hydrogen-bond donors (Lipinski definition) is 3. The summed E-state index contributed by atoms with van der Waals surface area (Å²) in [5, 5.41) is 17.3. The number of nitriles is 1. The van der Waals surface area contributed by atoms with Crippen LogP contribution in [-0.2, 0) is 27.5 Å². The molecule has 3 rings (SSSR count). The van der Waals surface area contributed by atoms with Gasteiger partial charge < -0.3 is 20.4 Å². The van der Waals surface area contributed by atoms with Gasteiger partial charge in [-0.1, -0.05) is 29.3 Å². The molecule has 3 N–H and O–H groups in total. The van der Waals surface area contributed by atoms with E-state index >= 15 is 0 Å². The molecule has 0 saturated carbocycles. The van der Waals surface area contributed by atoms with Crippen molar-refractivity contribution in [2.75, 3.05) is 5.32 Å². The quantitative estimate of drug-likeness (QED) is 0.259. The Morgan fingerprint density at radius 2 is 1.79 bits per heavy atom. The number of aromatic nitrogens is 1. The van der Waals surface area contributed by atoms with Gasteiger partial charge in [-0.05, 0) is 42.0 Å². The number of amides is 3. The van der Waals surface area contributed by atoms with E-state index in [-0.39, 0.29) is 29.4 Å². The van der Waals surface area contributed by atoms with E-state index in [0.29, 0.717) is 16.5 Å². The Balaban J connectivity index is 1.53. The van der Waals surface area contributed by atoms with Crippen LogP contribution in [0.3, 0.4) is 0 Å². The van der Waals surface area contributed by atoms with Crippen molar-refractivity contribution in [3.63, 3.8) is 0 Å². The van der Waals surface area contributed by atoms with Gasteiger partial charge >= 0.3 is 11.8 Å². The summed E-state index contributed by atoms with van der Waals surface area (Å²) in [5.41, 5.74) is 0.938. The second kappa shape index (κ2) is 11.7. The molecule has 0 saturated heterocycles. The zero-order valence-electron chi connectivity index (χ0n) is 17.5. The van der Waals surface area contributed by atoms with Crippen molar-refractivity contribution >= 4 is 52.7 Å². The number of pyridine rings is 1. The van der Waals surface area contributed by atoms with Crippen molar-refractivity contribution in [2.45, 2.75) is 13.1 Å². The zero-order valence-corrected chi connectivity index (χ0v) is 19.0. The van der Waals surface area contributed by atoms with E-state index in [1.807, 2.05) is 6.07 Å². The minimum absolute atomic E-state index is 0.0867. The van der Waals surface area contributed by atoms with Crippen LogP contribution in [0.5, 0.6) is 0 Å². The third-order valence-electron chi connectivity index (χ3n) is 4.32. The number of nitrogens with zero attached hydrogens (tertiary/aromatic N) is 2. The summed E-state index contributed by atoms with van der Waals surface area (Å²) < 4.78 is 5.51. The first kappa shape index (κ1) is 24.5. The van der Waals surface area contributed by atoms with Crippen LogP contribution >= 0.6 is 23.2 Å². The lowest BCUT2D eigenvalue weighted by atomic mass is 10.2. The van der Waals surface area contributed by atoms with Crippen LogP contribution in [-0.4, -0.2) is 22.7 Å². The summed E-state index contributed by atoms with van der Waals surface area (Å²) in [6, 6.07) is 12.8. The number of benzene rings is 1. The predicted octanol–water partition coefficient (Wildman–Crippen LogP) is 3.46. The smallest absolute Gasteiger partial charge is 0.313 e. The first-order chi connectivity index (χ1) is 16.4. The lowest BCUT2D eigenvalue weighted by molar-refractivity contribution is -0.136. The number of furan rings is 1. The number of carbonyl (C=O) groups is 3. The summed E-state index contributed by atoms with van der Waals surface area (Å²) in [6.45, 7) is 0.127. The van der Waals surface area contributed by atoms with Crippen molar-refractivity contribution < 1.29 is 18.8 Å². The van der Waals surface area contributed by atoms with Crippen molar-refractivity contribution in [2.24, 2.45) is 0 Å². The molecule has 3 amide bonds. The van der Waals surface area contributed by atoms with E-state index in [4.69, 9.17) is 27.6 Å². The number of anilines is 1. The highest BCUT2D eigenvalue weighted by Gasteiger charge is 2.15. The number of hydrogen-bond acceptors (Lipinski definition) is 6. The first-order valence-electron chi connectivity index (χ1n) is 9.77. The monoisotopic (exact) mass is 497 g/mol. The van der Waals surface area contributed by atoms with Crippen LogP contribution in [0, 0.1) is 11.3 Å². The summed E-state index contributed by atoms with van der Waals surface area (Å²) >= 11 is 11.7. The zero-order chi connectivity index (χ0) is 24.5. The second-order valence-corrected chi connectivity index (χ2v) is 7.60. The molecule has 0 radical (unpaired) electrons. The average Bonchev–Trinajstić information content (AvgIpc) is 3.29. The van der Waals surface area contributed by atoms with Crippen LogP contribution in [0.2, 0.25) is 10.0 Å². The van der Waals surface area contributed by atoms with Gasteiger partial charge in [0, 0.05) is 30.7 Å². The number of rotatable bonds is 7. The minimum atomic E-state index is -0.901. The molecular formula is C23H17Cl2N5O4. The van der Waals surface area contributed by atoms with Gasteiger partial charge in [-0.2, -0.15) is 5.26 Å². The molecule has 9 nitrogen and oxygen atoms in total. The Bertz CT molecular complexity index is 1280. The van der Waals surface area contributed by atoms with Gasteiger partial charge in [0.1, 0.15) is 23.2 Å². The maximum atomic E-state index is 12.3. The van der Waals surface area contributed by atoms with Crippen LogP contribution < -0.4 is 16.0 Å². The Kier molecular flexibility index (Phi) is 8.40. The number of nitrogens with one attached hydrogen (secondary N) is 3. The summed E-state index contributed by atoms with van der Waals surface area (Å²) in [7, 11) is 0. The van der Waals surface area contributed by atoms with Gasteiger partial charge in [-0.3, -0.25) is 19.4 Å². The molecular weight excluding hydrogens is 481 g/mol. The van der Waals surface area contributed by atoms with E-state index in [2.05, 4.69) is 20.9 Å². The fourth-order valence-corrected chi connectivity index (χ4v) is 2.95. The number of halogens is 2. The normalized spacial score (nSPS) is 10.8. The van der Waals surface area contributed by atoms with Crippen LogP contribution in [0.1, 0.15) is 17.1 Å². The Morgan fingerprint density at radius 3 is 2.50 bits per heavy atom. The summed E-state index contributed by atoms with van der Waals surface area (Å²) in [5.74, 6) is -1.82. The van der Waals surface area contributed by atoms with Crippen LogP contribution in [0.4, 0.5) is 5.69 Å². The van der Waals surface area contributed by atoms with E-state index in [1.54, 1.807) is 30.6 Å². The molecule has 0 aliphatic heterocycles. The topological polar surface area (TPSA) is 137 Å². The molecule has 3 aromatic rings. The average molecular weight is 498 g/mol. The van der Waals surface area contributed by atoms with Gasteiger partial charge in [0.05, 0.1) is 16.6 Å². The van der Waals surface area contributed by atoms with Crippen LogP contribution in [0.15, 0.2) is 64.8 Å². The lowest BCUT2D eigenvalue weighted by Gasteiger charge is -2.06. The minimum Gasteiger partial charge on any atom is -0.460 e. The number of carbonyl (C=O) groups excluding carboxylic acids is 3. The van der Waals surface area contributed by atoms with E-state index in [1.165, 1.54) is 30.3 Å². The van der Waals surface area contributed by atoms with Crippen molar-refractivity contribution in [1.82, 2.24) is 15.6 Å². The molecule has 0 aliphatic rings. The predicted molar refractivity (Wildman–Crippen MR) is 125 cm³/mol. The van der Waals surface area contributed by atoms with Gasteiger partial charge in [-0.15, -0.1) is 0 Å². The molecule has 0 aliphatic carbocycles. The molecule has 1 aromatic carbocycles. The molecule has 2 aromatic heterocycles. The molecule has 0 spiro atoms. The van der Waals surface area contributed by atoms with Gasteiger partial charge in [0.25, 0.3) is 5.91 Å².